The summed E-state index contributed by atoms with van der Waals surface area (Å²) in [6, 6.07) is 14.3. The first kappa shape index (κ1) is 19.6. The van der Waals surface area contributed by atoms with E-state index in [4.69, 9.17) is 4.42 Å². The van der Waals surface area contributed by atoms with Crippen molar-refractivity contribution in [3.63, 3.8) is 0 Å². The average Bonchev–Trinajstić information content (AvgIpc) is 3.14. The molecule has 8 nitrogen and oxygen atoms in total. The minimum Gasteiger partial charge on any atom is -0.414 e. The zero-order valence-corrected chi connectivity index (χ0v) is 16.1. The average molecular weight is 398 g/mol. The molecule has 28 heavy (non-hydrogen) atoms. The Labute approximate surface area is 165 Å². The van der Waals surface area contributed by atoms with Gasteiger partial charge in [0.1, 0.15) is 0 Å². The van der Waals surface area contributed by atoms with Gasteiger partial charge in [0.05, 0.1) is 11.5 Å². The van der Waals surface area contributed by atoms with Crippen LogP contribution in [0.3, 0.4) is 0 Å². The molecule has 3 rings (SSSR count). The number of thioether (sulfide) groups is 1. The van der Waals surface area contributed by atoms with E-state index in [0.29, 0.717) is 10.8 Å². The lowest BCUT2D eigenvalue weighted by molar-refractivity contribution is -0.385. The third-order valence-corrected chi connectivity index (χ3v) is 5.13. The molecule has 2 aromatic carbocycles. The number of amides is 1. The molecule has 9 heteroatoms. The van der Waals surface area contributed by atoms with Gasteiger partial charge in [0.25, 0.3) is 16.8 Å². The Morgan fingerprint density at radius 1 is 1.21 bits per heavy atom. The summed E-state index contributed by atoms with van der Waals surface area (Å²) in [4.78, 5) is 22.8. The highest BCUT2D eigenvalue weighted by Gasteiger charge is 2.19. The van der Waals surface area contributed by atoms with Gasteiger partial charge in [-0.3, -0.25) is 14.9 Å². The van der Waals surface area contributed by atoms with Crippen molar-refractivity contribution < 1.29 is 14.1 Å². The van der Waals surface area contributed by atoms with E-state index in [2.05, 4.69) is 15.5 Å². The summed E-state index contributed by atoms with van der Waals surface area (Å²) in [5.74, 6) is -0.176. The summed E-state index contributed by atoms with van der Waals surface area (Å²) in [6.45, 7) is 3.62. The van der Waals surface area contributed by atoms with Crippen molar-refractivity contribution in [1.82, 2.24) is 15.5 Å². The number of benzene rings is 2. The van der Waals surface area contributed by atoms with Crippen LogP contribution >= 0.6 is 11.8 Å². The van der Waals surface area contributed by atoms with Crippen molar-refractivity contribution in [1.29, 1.82) is 0 Å². The second-order valence-corrected chi connectivity index (χ2v) is 7.31. The number of nitro benzene ring substituents is 1. The highest BCUT2D eigenvalue weighted by molar-refractivity contribution is 7.99. The van der Waals surface area contributed by atoms with E-state index in [9.17, 15) is 14.9 Å². The number of rotatable bonds is 7. The summed E-state index contributed by atoms with van der Waals surface area (Å²) >= 11 is 1.43. The summed E-state index contributed by atoms with van der Waals surface area (Å²) in [5.41, 5.74) is 1.59. The second kappa shape index (κ2) is 8.66. The highest BCUT2D eigenvalue weighted by Crippen LogP contribution is 2.33. The number of nitrogens with zero attached hydrogens (tertiary/aromatic N) is 3. The van der Waals surface area contributed by atoms with Gasteiger partial charge in [-0.15, -0.1) is 10.2 Å². The van der Waals surface area contributed by atoms with E-state index in [1.54, 1.807) is 6.92 Å². The maximum atomic E-state index is 12.4. The van der Waals surface area contributed by atoms with Crippen LogP contribution < -0.4 is 5.32 Å². The van der Waals surface area contributed by atoms with Crippen LogP contribution in [0.2, 0.25) is 0 Å². The van der Waals surface area contributed by atoms with Crippen LogP contribution in [0, 0.1) is 17.0 Å². The summed E-state index contributed by atoms with van der Waals surface area (Å²) in [5, 5.41) is 22.1. The van der Waals surface area contributed by atoms with Gasteiger partial charge in [-0.2, -0.15) is 0 Å². The zero-order chi connectivity index (χ0) is 20.1. The first-order valence-electron chi connectivity index (χ1n) is 8.52. The number of carbonyl (C=O) groups excluding carboxylic acids is 1. The lowest BCUT2D eigenvalue weighted by Crippen LogP contribution is -2.24. The van der Waals surface area contributed by atoms with Gasteiger partial charge >= 0.3 is 0 Å². The van der Waals surface area contributed by atoms with Crippen LogP contribution in [0.15, 0.2) is 58.2 Å². The molecule has 0 aliphatic rings. The molecule has 3 aromatic rings. The van der Waals surface area contributed by atoms with Crippen molar-refractivity contribution in [2.24, 2.45) is 0 Å². The summed E-state index contributed by atoms with van der Waals surface area (Å²) < 4.78 is 5.57. The molecule has 0 fully saturated rings. The largest absolute Gasteiger partial charge is 0.414 e. The van der Waals surface area contributed by atoms with Gasteiger partial charge in [0, 0.05) is 22.4 Å². The minimum atomic E-state index is -0.512. The third kappa shape index (κ3) is 4.55. The Hall–Kier alpha value is -3.20. The molecular formula is C19H18N4O4S. The quantitative estimate of drug-likeness (QED) is 0.363. The molecule has 1 aromatic heterocycles. The van der Waals surface area contributed by atoms with Crippen molar-refractivity contribution in [3.8, 4) is 0 Å². The fraction of sp³-hybridized carbons (Fsp3) is 0.211. The maximum absolute atomic E-state index is 12.4. The van der Waals surface area contributed by atoms with Crippen molar-refractivity contribution in [2.45, 2.75) is 30.9 Å². The molecular weight excluding hydrogens is 380 g/mol. The molecule has 0 radical (unpaired) electrons. The predicted molar refractivity (Wildman–Crippen MR) is 104 cm³/mol. The van der Waals surface area contributed by atoms with E-state index < -0.39 is 10.8 Å². The summed E-state index contributed by atoms with van der Waals surface area (Å²) in [6.07, 6.45) is 0. The summed E-state index contributed by atoms with van der Waals surface area (Å²) in [7, 11) is 0. The first-order valence-corrected chi connectivity index (χ1v) is 9.40. The van der Waals surface area contributed by atoms with Gasteiger partial charge in [-0.05, 0) is 25.5 Å². The van der Waals surface area contributed by atoms with Crippen LogP contribution in [0.1, 0.15) is 39.5 Å². The molecule has 0 saturated heterocycles. The standard InChI is InChI=1S/C19H18N4O4S/c1-12-15(9-6-10-16(12)23(25)26)18(24)20-11-17-21-22-19(27-17)28-13(2)14-7-4-3-5-8-14/h3-10,13H,11H2,1-2H3,(H,20,24)/t13-/m0/s1. The molecule has 1 heterocycles. The van der Waals surface area contributed by atoms with Crippen LogP contribution in [-0.4, -0.2) is 21.0 Å². The molecule has 0 aliphatic carbocycles. The normalized spacial score (nSPS) is 11.8. The lowest BCUT2D eigenvalue weighted by Gasteiger charge is -2.08. The second-order valence-electron chi connectivity index (χ2n) is 6.02. The van der Waals surface area contributed by atoms with E-state index in [-0.39, 0.29) is 28.9 Å². The van der Waals surface area contributed by atoms with Gasteiger partial charge in [-0.25, -0.2) is 0 Å². The molecule has 0 aliphatic heterocycles. The minimum absolute atomic E-state index is 0.0360. The topological polar surface area (TPSA) is 111 Å². The van der Waals surface area contributed by atoms with Crippen LogP contribution in [0.5, 0.6) is 0 Å². The maximum Gasteiger partial charge on any atom is 0.277 e. The van der Waals surface area contributed by atoms with E-state index in [0.717, 1.165) is 5.56 Å². The van der Waals surface area contributed by atoms with Gasteiger partial charge < -0.3 is 9.73 Å². The zero-order valence-electron chi connectivity index (χ0n) is 15.3. The van der Waals surface area contributed by atoms with E-state index in [1.807, 2.05) is 37.3 Å². The Morgan fingerprint density at radius 3 is 2.68 bits per heavy atom. The lowest BCUT2D eigenvalue weighted by atomic mass is 10.1. The number of hydrogen-bond acceptors (Lipinski definition) is 7. The fourth-order valence-electron chi connectivity index (χ4n) is 2.62. The van der Waals surface area contributed by atoms with Gasteiger partial charge in [-0.1, -0.05) is 48.2 Å². The molecule has 0 bridgehead atoms. The number of nitro groups is 1. The fourth-order valence-corrected chi connectivity index (χ4v) is 3.45. The number of carbonyl (C=O) groups is 1. The molecule has 1 amide bonds. The van der Waals surface area contributed by atoms with Gasteiger partial charge in [0.15, 0.2) is 0 Å². The molecule has 144 valence electrons. The van der Waals surface area contributed by atoms with Crippen molar-refractivity contribution in [2.75, 3.05) is 0 Å². The molecule has 0 spiro atoms. The SMILES string of the molecule is Cc1c(C(=O)NCc2nnc(S[C@@H](C)c3ccccc3)o2)cccc1[N+](=O)[O-]. The Balaban J connectivity index is 1.61. The smallest absolute Gasteiger partial charge is 0.277 e. The molecule has 0 unspecified atom stereocenters. The monoisotopic (exact) mass is 398 g/mol. The molecule has 0 saturated carbocycles. The Kier molecular flexibility index (Phi) is 6.05. The van der Waals surface area contributed by atoms with E-state index >= 15 is 0 Å². The van der Waals surface area contributed by atoms with Crippen LogP contribution in [0.4, 0.5) is 5.69 Å². The third-order valence-electron chi connectivity index (χ3n) is 4.14. The first-order chi connectivity index (χ1) is 13.5. The van der Waals surface area contributed by atoms with Crippen molar-refractivity contribution in [3.05, 3.63) is 81.2 Å². The number of aromatic nitrogens is 2. The number of nitrogens with one attached hydrogen (secondary N) is 1. The highest BCUT2D eigenvalue weighted by atomic mass is 32.2. The van der Waals surface area contributed by atoms with Crippen LogP contribution in [-0.2, 0) is 6.54 Å². The van der Waals surface area contributed by atoms with Gasteiger partial charge in [0.2, 0.25) is 5.89 Å². The Bertz CT molecular complexity index is 991. The molecule has 1 N–H and O–H groups in total. The molecule has 1 atom stereocenters. The predicted octanol–water partition coefficient (Wildman–Crippen LogP) is 4.07. The van der Waals surface area contributed by atoms with E-state index in [1.165, 1.54) is 30.0 Å². The van der Waals surface area contributed by atoms with Crippen molar-refractivity contribution >= 4 is 23.4 Å². The van der Waals surface area contributed by atoms with Crippen LogP contribution in [0.25, 0.3) is 0 Å². The number of hydrogen-bond donors (Lipinski definition) is 1. The Morgan fingerprint density at radius 2 is 1.96 bits per heavy atom.